The molecule has 0 saturated carbocycles. The van der Waals surface area contributed by atoms with Crippen LogP contribution in [0.5, 0.6) is 0 Å². The van der Waals surface area contributed by atoms with Gasteiger partial charge in [0.1, 0.15) is 5.76 Å². The molecule has 0 aliphatic carbocycles. The van der Waals surface area contributed by atoms with Gasteiger partial charge in [-0.25, -0.2) is 0 Å². The lowest BCUT2D eigenvalue weighted by Gasteiger charge is -2.09. The van der Waals surface area contributed by atoms with Crippen molar-refractivity contribution >= 4 is 29.1 Å². The minimum atomic E-state index is -0.260. The fourth-order valence-corrected chi connectivity index (χ4v) is 2.69. The van der Waals surface area contributed by atoms with E-state index in [0.29, 0.717) is 34.8 Å². The van der Waals surface area contributed by atoms with E-state index in [-0.39, 0.29) is 24.3 Å². The number of carbonyl (C=O) groups excluding carboxylic acids is 3. The number of amides is 3. The molecule has 0 saturated heterocycles. The molecule has 8 heteroatoms. The molecule has 8 nitrogen and oxygen atoms in total. The zero-order chi connectivity index (χ0) is 21.3. The van der Waals surface area contributed by atoms with E-state index in [1.807, 2.05) is 0 Å². The summed E-state index contributed by atoms with van der Waals surface area (Å²) in [5.41, 5.74) is 2.20. The predicted octanol–water partition coefficient (Wildman–Crippen LogP) is 2.62. The van der Waals surface area contributed by atoms with Gasteiger partial charge in [0.25, 0.3) is 11.8 Å². The van der Waals surface area contributed by atoms with Crippen LogP contribution in [-0.4, -0.2) is 31.3 Å². The highest BCUT2D eigenvalue weighted by atomic mass is 16.3. The lowest BCUT2D eigenvalue weighted by atomic mass is 10.2. The summed E-state index contributed by atoms with van der Waals surface area (Å²) in [5, 5.41) is 11.0. The molecule has 0 bridgehead atoms. The smallest absolute Gasteiger partial charge is 0.251 e. The SMILES string of the molecule is CNC(=O)c1cccc(NC(=O)CNc2ccc(C(=O)NCc3ccco3)cc2)c1. The summed E-state index contributed by atoms with van der Waals surface area (Å²) in [6.45, 7) is 0.349. The van der Waals surface area contributed by atoms with Crippen LogP contribution in [0.15, 0.2) is 71.3 Å². The van der Waals surface area contributed by atoms with Gasteiger partial charge in [0.2, 0.25) is 5.91 Å². The first-order valence-corrected chi connectivity index (χ1v) is 9.31. The van der Waals surface area contributed by atoms with E-state index in [9.17, 15) is 14.4 Å². The molecule has 0 fully saturated rings. The molecule has 0 aliphatic heterocycles. The molecule has 3 rings (SSSR count). The number of rotatable bonds is 8. The van der Waals surface area contributed by atoms with Crippen molar-refractivity contribution in [2.45, 2.75) is 6.54 Å². The van der Waals surface area contributed by atoms with Crippen LogP contribution in [0.4, 0.5) is 11.4 Å². The fraction of sp³-hybridized carbons (Fsp3) is 0.136. The van der Waals surface area contributed by atoms with Gasteiger partial charge in [0.15, 0.2) is 0 Å². The van der Waals surface area contributed by atoms with Gasteiger partial charge in [-0.3, -0.25) is 14.4 Å². The Morgan fingerprint density at radius 2 is 1.67 bits per heavy atom. The number of nitrogens with one attached hydrogen (secondary N) is 4. The quantitative estimate of drug-likeness (QED) is 0.459. The molecule has 30 heavy (non-hydrogen) atoms. The van der Waals surface area contributed by atoms with Crippen molar-refractivity contribution in [2.24, 2.45) is 0 Å². The molecule has 0 spiro atoms. The summed E-state index contributed by atoms with van der Waals surface area (Å²) >= 11 is 0. The van der Waals surface area contributed by atoms with Crippen LogP contribution in [0.25, 0.3) is 0 Å². The zero-order valence-corrected chi connectivity index (χ0v) is 16.4. The van der Waals surface area contributed by atoms with Crippen LogP contribution in [0.2, 0.25) is 0 Å². The standard InChI is InChI=1S/C22H22N4O4/c1-23-21(28)16-4-2-5-18(12-16)26-20(27)14-24-17-9-7-15(8-10-17)22(29)25-13-19-6-3-11-30-19/h2-12,24H,13-14H2,1H3,(H,23,28)(H,25,29)(H,26,27). The third kappa shape index (κ3) is 5.71. The van der Waals surface area contributed by atoms with Gasteiger partial charge in [-0.15, -0.1) is 0 Å². The molecular weight excluding hydrogens is 384 g/mol. The summed E-state index contributed by atoms with van der Waals surface area (Å²) in [7, 11) is 1.55. The van der Waals surface area contributed by atoms with Crippen molar-refractivity contribution in [3.8, 4) is 0 Å². The average Bonchev–Trinajstić information content (AvgIpc) is 3.30. The summed E-state index contributed by atoms with van der Waals surface area (Å²) < 4.78 is 5.18. The lowest BCUT2D eigenvalue weighted by molar-refractivity contribution is -0.114. The van der Waals surface area contributed by atoms with Crippen LogP contribution >= 0.6 is 0 Å². The van der Waals surface area contributed by atoms with Gasteiger partial charge in [0, 0.05) is 29.5 Å². The van der Waals surface area contributed by atoms with E-state index in [4.69, 9.17) is 4.42 Å². The van der Waals surface area contributed by atoms with Gasteiger partial charge in [-0.2, -0.15) is 0 Å². The topological polar surface area (TPSA) is 112 Å². The molecule has 4 N–H and O–H groups in total. The molecule has 0 aliphatic rings. The van der Waals surface area contributed by atoms with Crippen molar-refractivity contribution in [2.75, 3.05) is 24.2 Å². The molecule has 1 aromatic heterocycles. The Bertz CT molecular complexity index is 1010. The Morgan fingerprint density at radius 3 is 2.37 bits per heavy atom. The Labute approximate surface area is 173 Å². The number of anilines is 2. The van der Waals surface area contributed by atoms with Gasteiger partial charge in [-0.1, -0.05) is 6.07 Å². The monoisotopic (exact) mass is 406 g/mol. The van der Waals surface area contributed by atoms with Crippen LogP contribution in [0, 0.1) is 0 Å². The van der Waals surface area contributed by atoms with Crippen molar-refractivity contribution in [1.82, 2.24) is 10.6 Å². The van der Waals surface area contributed by atoms with Crippen LogP contribution in [0.1, 0.15) is 26.5 Å². The summed E-state index contributed by atoms with van der Waals surface area (Å²) in [6, 6.07) is 17.0. The summed E-state index contributed by atoms with van der Waals surface area (Å²) in [6.07, 6.45) is 1.55. The maximum Gasteiger partial charge on any atom is 0.251 e. The normalized spacial score (nSPS) is 10.2. The molecular formula is C22H22N4O4. The lowest BCUT2D eigenvalue weighted by Crippen LogP contribution is -2.23. The average molecular weight is 406 g/mol. The Balaban J connectivity index is 1.48. The minimum Gasteiger partial charge on any atom is -0.467 e. The maximum atomic E-state index is 12.2. The van der Waals surface area contributed by atoms with Gasteiger partial charge >= 0.3 is 0 Å². The third-order valence-corrected chi connectivity index (χ3v) is 4.24. The Morgan fingerprint density at radius 1 is 0.867 bits per heavy atom. The van der Waals surface area contributed by atoms with Gasteiger partial charge < -0.3 is 25.7 Å². The zero-order valence-electron chi connectivity index (χ0n) is 16.4. The summed E-state index contributed by atoms with van der Waals surface area (Å²) in [4.78, 5) is 36.0. The van der Waals surface area contributed by atoms with Crippen LogP contribution in [-0.2, 0) is 11.3 Å². The molecule has 0 atom stereocenters. The van der Waals surface area contributed by atoms with Crippen molar-refractivity contribution in [3.05, 3.63) is 83.8 Å². The van der Waals surface area contributed by atoms with Gasteiger partial charge in [-0.05, 0) is 54.6 Å². The molecule has 154 valence electrons. The summed E-state index contributed by atoms with van der Waals surface area (Å²) in [5.74, 6) is -0.0259. The fourth-order valence-electron chi connectivity index (χ4n) is 2.69. The van der Waals surface area contributed by atoms with E-state index >= 15 is 0 Å². The predicted molar refractivity (Wildman–Crippen MR) is 113 cm³/mol. The van der Waals surface area contributed by atoms with E-state index in [1.165, 1.54) is 0 Å². The van der Waals surface area contributed by atoms with E-state index in [2.05, 4.69) is 21.3 Å². The first kappa shape index (κ1) is 20.7. The van der Waals surface area contributed by atoms with Crippen molar-refractivity contribution < 1.29 is 18.8 Å². The third-order valence-electron chi connectivity index (χ3n) is 4.24. The van der Waals surface area contributed by atoms with Crippen molar-refractivity contribution in [3.63, 3.8) is 0 Å². The first-order chi connectivity index (χ1) is 14.5. The molecule has 3 amide bonds. The highest BCUT2D eigenvalue weighted by molar-refractivity contribution is 5.98. The van der Waals surface area contributed by atoms with Gasteiger partial charge in [0.05, 0.1) is 19.4 Å². The number of hydrogen-bond donors (Lipinski definition) is 4. The first-order valence-electron chi connectivity index (χ1n) is 9.31. The van der Waals surface area contributed by atoms with Crippen LogP contribution in [0.3, 0.4) is 0 Å². The van der Waals surface area contributed by atoms with Crippen molar-refractivity contribution in [1.29, 1.82) is 0 Å². The highest BCUT2D eigenvalue weighted by Crippen LogP contribution is 2.12. The van der Waals surface area contributed by atoms with E-state index in [0.717, 1.165) is 0 Å². The second-order valence-corrected chi connectivity index (χ2v) is 6.40. The molecule has 0 unspecified atom stereocenters. The van der Waals surface area contributed by atoms with E-state index in [1.54, 1.807) is 74.0 Å². The minimum absolute atomic E-state index is 0.0360. The Kier molecular flexibility index (Phi) is 6.83. The second kappa shape index (κ2) is 9.92. The highest BCUT2D eigenvalue weighted by Gasteiger charge is 2.08. The van der Waals surface area contributed by atoms with Crippen LogP contribution < -0.4 is 21.3 Å². The molecule has 3 aromatic rings. The maximum absolute atomic E-state index is 12.2. The number of carbonyl (C=O) groups is 3. The number of furan rings is 1. The second-order valence-electron chi connectivity index (χ2n) is 6.40. The Hall–Kier alpha value is -4.07. The number of benzene rings is 2. The molecule has 2 aromatic carbocycles. The van der Waals surface area contributed by atoms with E-state index < -0.39 is 0 Å². The largest absolute Gasteiger partial charge is 0.467 e. The number of hydrogen-bond acceptors (Lipinski definition) is 5. The molecule has 1 heterocycles. The molecule has 0 radical (unpaired) electrons.